The molecule has 0 saturated heterocycles. The summed E-state index contributed by atoms with van der Waals surface area (Å²) in [5.74, 6) is 1.83. The van der Waals surface area contributed by atoms with Gasteiger partial charge in [-0.2, -0.15) is 5.26 Å². The fourth-order valence-corrected chi connectivity index (χ4v) is 1.73. The zero-order valence-corrected chi connectivity index (χ0v) is 11.3. The maximum absolute atomic E-state index is 8.73. The lowest BCUT2D eigenvalue weighted by Gasteiger charge is -2.12. The molecule has 0 fully saturated rings. The van der Waals surface area contributed by atoms with Crippen LogP contribution in [0.2, 0.25) is 0 Å². The third-order valence-corrected chi connectivity index (χ3v) is 2.73. The highest BCUT2D eigenvalue weighted by molar-refractivity contribution is 5.42. The number of methoxy groups -OCH3 is 2. The second-order valence-corrected chi connectivity index (χ2v) is 3.92. The molecule has 2 rings (SSSR count). The first-order valence-electron chi connectivity index (χ1n) is 5.97. The molecular formula is C15H14N2O3. The summed E-state index contributed by atoms with van der Waals surface area (Å²) in [7, 11) is 3.13. The minimum Gasteiger partial charge on any atom is -0.493 e. The molecule has 0 amide bonds. The highest BCUT2D eigenvalue weighted by Gasteiger charge is 2.11. The van der Waals surface area contributed by atoms with Gasteiger partial charge in [0.1, 0.15) is 18.1 Å². The summed E-state index contributed by atoms with van der Waals surface area (Å²) in [6.07, 6.45) is 1.64. The van der Waals surface area contributed by atoms with Crippen molar-refractivity contribution in [2.24, 2.45) is 0 Å². The van der Waals surface area contributed by atoms with Gasteiger partial charge in [-0.1, -0.05) is 0 Å². The normalized spacial score (nSPS) is 9.65. The van der Waals surface area contributed by atoms with Crippen LogP contribution in [0.15, 0.2) is 36.5 Å². The number of nitriles is 1. The molecule has 102 valence electrons. The van der Waals surface area contributed by atoms with E-state index in [1.807, 2.05) is 0 Å². The SMILES string of the molecule is COc1ccnc(COc2ccc(C#N)cc2)c1OC. The Morgan fingerprint density at radius 2 is 1.85 bits per heavy atom. The van der Waals surface area contributed by atoms with E-state index >= 15 is 0 Å². The van der Waals surface area contributed by atoms with Crippen molar-refractivity contribution in [2.75, 3.05) is 14.2 Å². The van der Waals surface area contributed by atoms with Crippen LogP contribution in [-0.2, 0) is 6.61 Å². The van der Waals surface area contributed by atoms with E-state index in [-0.39, 0.29) is 6.61 Å². The van der Waals surface area contributed by atoms with Crippen molar-refractivity contribution in [3.05, 3.63) is 47.8 Å². The third kappa shape index (κ3) is 2.98. The molecule has 5 heteroatoms. The zero-order valence-electron chi connectivity index (χ0n) is 11.3. The van der Waals surface area contributed by atoms with Crippen molar-refractivity contribution < 1.29 is 14.2 Å². The summed E-state index contributed by atoms with van der Waals surface area (Å²) in [6, 6.07) is 10.7. The van der Waals surface area contributed by atoms with Gasteiger partial charge in [-0.15, -0.1) is 0 Å². The molecule has 2 aromatic rings. The number of ether oxygens (including phenoxy) is 3. The van der Waals surface area contributed by atoms with Gasteiger partial charge in [0.2, 0.25) is 0 Å². The van der Waals surface area contributed by atoms with Gasteiger partial charge in [0.15, 0.2) is 11.5 Å². The van der Waals surface area contributed by atoms with Crippen LogP contribution < -0.4 is 14.2 Å². The molecule has 0 spiro atoms. The molecule has 0 radical (unpaired) electrons. The molecule has 0 saturated carbocycles. The molecule has 0 N–H and O–H groups in total. The van der Waals surface area contributed by atoms with Gasteiger partial charge in [0, 0.05) is 12.3 Å². The summed E-state index contributed by atoms with van der Waals surface area (Å²) < 4.78 is 16.1. The van der Waals surface area contributed by atoms with Crippen molar-refractivity contribution in [2.45, 2.75) is 6.61 Å². The second kappa shape index (κ2) is 6.43. The zero-order chi connectivity index (χ0) is 14.4. The number of pyridine rings is 1. The Morgan fingerprint density at radius 3 is 2.45 bits per heavy atom. The second-order valence-electron chi connectivity index (χ2n) is 3.92. The van der Waals surface area contributed by atoms with E-state index in [0.717, 1.165) is 0 Å². The Bertz CT molecular complexity index is 618. The van der Waals surface area contributed by atoms with Crippen LogP contribution in [-0.4, -0.2) is 19.2 Å². The van der Waals surface area contributed by atoms with Gasteiger partial charge < -0.3 is 14.2 Å². The first-order valence-corrected chi connectivity index (χ1v) is 5.97. The largest absolute Gasteiger partial charge is 0.493 e. The average Bonchev–Trinajstić information content (AvgIpc) is 2.52. The van der Waals surface area contributed by atoms with Crippen LogP contribution in [0, 0.1) is 11.3 Å². The first kappa shape index (κ1) is 13.7. The van der Waals surface area contributed by atoms with Gasteiger partial charge >= 0.3 is 0 Å². The number of nitrogens with zero attached hydrogens (tertiary/aromatic N) is 2. The molecule has 0 unspecified atom stereocenters. The molecule has 1 aromatic heterocycles. The number of benzene rings is 1. The molecule has 1 aromatic carbocycles. The van der Waals surface area contributed by atoms with Crippen molar-refractivity contribution >= 4 is 0 Å². The van der Waals surface area contributed by atoms with Gasteiger partial charge in [0.25, 0.3) is 0 Å². The standard InChI is InChI=1S/C15H14N2O3/c1-18-14-7-8-17-13(15(14)19-2)10-20-12-5-3-11(9-16)4-6-12/h3-8H,10H2,1-2H3. The summed E-state index contributed by atoms with van der Waals surface area (Å²) >= 11 is 0. The maximum Gasteiger partial charge on any atom is 0.185 e. The van der Waals surface area contributed by atoms with Crippen LogP contribution in [0.5, 0.6) is 17.2 Å². The van der Waals surface area contributed by atoms with Crippen LogP contribution in [0.3, 0.4) is 0 Å². The molecule has 0 atom stereocenters. The lowest BCUT2D eigenvalue weighted by molar-refractivity contribution is 0.285. The van der Waals surface area contributed by atoms with E-state index in [1.165, 1.54) is 0 Å². The smallest absolute Gasteiger partial charge is 0.185 e. The Kier molecular flexibility index (Phi) is 4.40. The van der Waals surface area contributed by atoms with Gasteiger partial charge in [0.05, 0.1) is 25.9 Å². The number of rotatable bonds is 5. The number of hydrogen-bond acceptors (Lipinski definition) is 5. The predicted octanol–water partition coefficient (Wildman–Crippen LogP) is 2.55. The lowest BCUT2D eigenvalue weighted by Crippen LogP contribution is -2.03. The van der Waals surface area contributed by atoms with Gasteiger partial charge in [-0.3, -0.25) is 4.98 Å². The van der Waals surface area contributed by atoms with Crippen LogP contribution >= 0.6 is 0 Å². The Labute approximate surface area is 117 Å². The monoisotopic (exact) mass is 270 g/mol. The van der Waals surface area contributed by atoms with Crippen LogP contribution in [0.1, 0.15) is 11.3 Å². The van der Waals surface area contributed by atoms with Crippen LogP contribution in [0.25, 0.3) is 0 Å². The number of aromatic nitrogens is 1. The highest BCUT2D eigenvalue weighted by Crippen LogP contribution is 2.29. The predicted molar refractivity (Wildman–Crippen MR) is 72.8 cm³/mol. The molecule has 0 aliphatic carbocycles. The minimum absolute atomic E-state index is 0.256. The molecule has 0 bridgehead atoms. The summed E-state index contributed by atoms with van der Waals surface area (Å²) in [6.45, 7) is 0.256. The van der Waals surface area contributed by atoms with Crippen molar-refractivity contribution in [3.63, 3.8) is 0 Å². The quantitative estimate of drug-likeness (QED) is 0.835. The topological polar surface area (TPSA) is 64.4 Å². The van der Waals surface area contributed by atoms with Gasteiger partial charge in [-0.05, 0) is 24.3 Å². The fraction of sp³-hybridized carbons (Fsp3) is 0.200. The Hall–Kier alpha value is -2.74. The fourth-order valence-electron chi connectivity index (χ4n) is 1.73. The van der Waals surface area contributed by atoms with Crippen LogP contribution in [0.4, 0.5) is 0 Å². The highest BCUT2D eigenvalue weighted by atomic mass is 16.5. The Balaban J connectivity index is 2.12. The van der Waals surface area contributed by atoms with E-state index < -0.39 is 0 Å². The molecule has 5 nitrogen and oxygen atoms in total. The molecule has 0 aliphatic heterocycles. The molecule has 20 heavy (non-hydrogen) atoms. The lowest BCUT2D eigenvalue weighted by atomic mass is 10.2. The molecule has 0 aliphatic rings. The third-order valence-electron chi connectivity index (χ3n) is 2.73. The van der Waals surface area contributed by atoms with E-state index in [2.05, 4.69) is 11.1 Å². The number of hydrogen-bond donors (Lipinski definition) is 0. The van der Waals surface area contributed by atoms with Crippen molar-refractivity contribution in [1.82, 2.24) is 4.98 Å². The summed E-state index contributed by atoms with van der Waals surface area (Å²) in [4.78, 5) is 4.22. The maximum atomic E-state index is 8.73. The molecular weight excluding hydrogens is 256 g/mol. The molecule has 1 heterocycles. The van der Waals surface area contributed by atoms with Crippen molar-refractivity contribution in [3.8, 4) is 23.3 Å². The van der Waals surface area contributed by atoms with E-state index in [1.54, 1.807) is 50.7 Å². The first-order chi connectivity index (χ1) is 9.78. The van der Waals surface area contributed by atoms with Gasteiger partial charge in [-0.25, -0.2) is 0 Å². The summed E-state index contributed by atoms with van der Waals surface area (Å²) in [5.41, 5.74) is 1.24. The average molecular weight is 270 g/mol. The minimum atomic E-state index is 0.256. The Morgan fingerprint density at radius 1 is 1.10 bits per heavy atom. The van der Waals surface area contributed by atoms with E-state index in [9.17, 15) is 0 Å². The summed E-state index contributed by atoms with van der Waals surface area (Å²) in [5, 5.41) is 8.73. The van der Waals surface area contributed by atoms with Crippen molar-refractivity contribution in [1.29, 1.82) is 5.26 Å². The van der Waals surface area contributed by atoms with E-state index in [0.29, 0.717) is 28.5 Å². The van der Waals surface area contributed by atoms with E-state index in [4.69, 9.17) is 19.5 Å².